The molecule has 7 heteroatoms. The first kappa shape index (κ1) is 12.5. The molecule has 0 aromatic heterocycles. The second-order valence-corrected chi connectivity index (χ2v) is 4.66. The number of amides is 1. The molecule has 98 valence electrons. The fourth-order valence-corrected chi connectivity index (χ4v) is 2.29. The Morgan fingerprint density at radius 3 is 2.59 bits per heavy atom. The summed E-state index contributed by atoms with van der Waals surface area (Å²) in [6.07, 6.45) is -5.21. The molecule has 6 nitrogen and oxygen atoms in total. The van der Waals surface area contributed by atoms with Crippen molar-refractivity contribution in [3.8, 4) is 0 Å². The third kappa shape index (κ3) is 2.10. The number of aliphatic hydroxyl groups is 1. The Bertz CT molecular complexity index is 324. The van der Waals surface area contributed by atoms with Crippen LogP contribution in [-0.2, 0) is 14.2 Å². The van der Waals surface area contributed by atoms with Gasteiger partial charge in [-0.3, -0.25) is 0 Å². The van der Waals surface area contributed by atoms with Crippen molar-refractivity contribution < 1.29 is 28.5 Å². The van der Waals surface area contributed by atoms with E-state index < -0.39 is 42.4 Å². The lowest BCUT2D eigenvalue weighted by Gasteiger charge is -2.24. The van der Waals surface area contributed by atoms with Gasteiger partial charge in [0.15, 0.2) is 12.0 Å². The van der Waals surface area contributed by atoms with E-state index in [2.05, 4.69) is 10.1 Å². The van der Waals surface area contributed by atoms with Crippen LogP contribution >= 0.6 is 0 Å². The standard InChI is InChI=1S/C10H16FNO5/c1-10(2)16-7-5(12-9(14)15-3)4(11)6(13)8(7)17-10/h4-8,13H,1-3H3,(H,12,14). The second kappa shape index (κ2) is 4.08. The van der Waals surface area contributed by atoms with Gasteiger partial charge in [-0.2, -0.15) is 0 Å². The molecular formula is C10H16FNO5. The first-order valence-electron chi connectivity index (χ1n) is 5.38. The van der Waals surface area contributed by atoms with Crippen LogP contribution in [0, 0.1) is 0 Å². The molecule has 0 spiro atoms. The summed E-state index contributed by atoms with van der Waals surface area (Å²) in [5.41, 5.74) is 0. The zero-order valence-corrected chi connectivity index (χ0v) is 9.84. The molecule has 1 heterocycles. The minimum absolute atomic E-state index is 0.714. The first-order chi connectivity index (χ1) is 7.85. The Hall–Kier alpha value is -0.920. The predicted octanol–water partition coefficient (Wildman–Crippen LogP) is -0.0563. The molecule has 2 fully saturated rings. The summed E-state index contributed by atoms with van der Waals surface area (Å²) in [4.78, 5) is 11.1. The Balaban J connectivity index is 2.13. The number of carbonyl (C=O) groups is 1. The molecule has 1 aliphatic carbocycles. The Labute approximate surface area is 98.0 Å². The van der Waals surface area contributed by atoms with Crippen LogP contribution in [0.15, 0.2) is 0 Å². The van der Waals surface area contributed by atoms with E-state index in [1.54, 1.807) is 13.8 Å². The number of aliphatic hydroxyl groups excluding tert-OH is 1. The summed E-state index contributed by atoms with van der Waals surface area (Å²) in [5.74, 6) is -0.896. The molecule has 0 radical (unpaired) electrons. The number of rotatable bonds is 1. The monoisotopic (exact) mass is 249 g/mol. The number of hydrogen-bond donors (Lipinski definition) is 2. The molecule has 5 atom stereocenters. The summed E-state index contributed by atoms with van der Waals surface area (Å²) < 4.78 is 29.0. The van der Waals surface area contributed by atoms with Crippen molar-refractivity contribution in [2.75, 3.05) is 7.11 Å². The Morgan fingerprint density at radius 1 is 1.41 bits per heavy atom. The number of alkyl halides is 1. The van der Waals surface area contributed by atoms with Gasteiger partial charge in [-0.25, -0.2) is 9.18 Å². The number of fused-ring (bicyclic) bond motifs is 1. The second-order valence-electron chi connectivity index (χ2n) is 4.66. The van der Waals surface area contributed by atoms with Gasteiger partial charge in [-0.1, -0.05) is 0 Å². The highest BCUT2D eigenvalue weighted by atomic mass is 19.1. The van der Waals surface area contributed by atoms with Crippen LogP contribution in [0.3, 0.4) is 0 Å². The molecule has 2 aliphatic rings. The fourth-order valence-electron chi connectivity index (χ4n) is 2.29. The van der Waals surface area contributed by atoms with Crippen LogP contribution in [-0.4, -0.2) is 54.6 Å². The van der Waals surface area contributed by atoms with Gasteiger partial charge >= 0.3 is 6.09 Å². The zero-order chi connectivity index (χ0) is 12.8. The van der Waals surface area contributed by atoms with Crippen LogP contribution in [0.4, 0.5) is 9.18 Å². The van der Waals surface area contributed by atoms with E-state index in [1.165, 1.54) is 7.11 Å². The molecule has 0 aromatic rings. The molecular weight excluding hydrogens is 233 g/mol. The van der Waals surface area contributed by atoms with Crippen molar-refractivity contribution in [2.24, 2.45) is 0 Å². The van der Waals surface area contributed by atoms with Crippen molar-refractivity contribution in [2.45, 2.75) is 50.2 Å². The minimum atomic E-state index is -1.64. The number of hydrogen-bond acceptors (Lipinski definition) is 5. The van der Waals surface area contributed by atoms with Crippen molar-refractivity contribution in [3.63, 3.8) is 0 Å². The number of halogens is 1. The smallest absolute Gasteiger partial charge is 0.407 e. The molecule has 1 saturated carbocycles. The van der Waals surface area contributed by atoms with Gasteiger partial charge in [0.05, 0.1) is 13.2 Å². The Kier molecular flexibility index (Phi) is 3.01. The van der Waals surface area contributed by atoms with Gasteiger partial charge in [0.2, 0.25) is 0 Å². The van der Waals surface area contributed by atoms with Gasteiger partial charge in [-0.15, -0.1) is 0 Å². The molecule has 2 N–H and O–H groups in total. The van der Waals surface area contributed by atoms with E-state index in [-0.39, 0.29) is 0 Å². The van der Waals surface area contributed by atoms with Crippen LogP contribution in [0.1, 0.15) is 13.8 Å². The summed E-state index contributed by atoms with van der Waals surface area (Å²) in [7, 11) is 1.18. The lowest BCUT2D eigenvalue weighted by molar-refractivity contribution is -0.171. The minimum Gasteiger partial charge on any atom is -0.453 e. The lowest BCUT2D eigenvalue weighted by Crippen LogP contribution is -2.47. The number of ether oxygens (including phenoxy) is 3. The maximum atomic E-state index is 13.8. The van der Waals surface area contributed by atoms with Gasteiger partial charge in [0.25, 0.3) is 0 Å². The van der Waals surface area contributed by atoms with Crippen molar-refractivity contribution in [1.29, 1.82) is 0 Å². The van der Waals surface area contributed by atoms with Crippen molar-refractivity contribution in [1.82, 2.24) is 5.32 Å². The van der Waals surface area contributed by atoms with Gasteiger partial charge in [-0.05, 0) is 13.8 Å². The van der Waals surface area contributed by atoms with E-state index in [9.17, 15) is 14.3 Å². The molecule has 17 heavy (non-hydrogen) atoms. The van der Waals surface area contributed by atoms with E-state index in [0.29, 0.717) is 0 Å². The zero-order valence-electron chi connectivity index (χ0n) is 9.84. The van der Waals surface area contributed by atoms with Crippen LogP contribution < -0.4 is 5.32 Å². The van der Waals surface area contributed by atoms with Gasteiger partial charge < -0.3 is 24.6 Å². The first-order valence-corrected chi connectivity index (χ1v) is 5.38. The highest BCUT2D eigenvalue weighted by molar-refractivity contribution is 5.67. The number of nitrogens with one attached hydrogen (secondary N) is 1. The summed E-state index contributed by atoms with van der Waals surface area (Å²) in [5, 5.41) is 12.0. The lowest BCUT2D eigenvalue weighted by atomic mass is 10.2. The quantitative estimate of drug-likeness (QED) is 0.681. The van der Waals surface area contributed by atoms with E-state index in [4.69, 9.17) is 9.47 Å². The molecule has 0 aromatic carbocycles. The highest BCUT2D eigenvalue weighted by Gasteiger charge is 2.59. The number of carbonyl (C=O) groups excluding carboxylic acids is 1. The summed E-state index contributed by atoms with van der Waals surface area (Å²) in [6, 6.07) is -0.968. The summed E-state index contributed by atoms with van der Waals surface area (Å²) >= 11 is 0. The third-order valence-electron chi connectivity index (χ3n) is 2.99. The van der Waals surface area contributed by atoms with Crippen LogP contribution in [0.5, 0.6) is 0 Å². The van der Waals surface area contributed by atoms with Crippen LogP contribution in [0.25, 0.3) is 0 Å². The molecule has 1 saturated heterocycles. The normalized spacial score (nSPS) is 43.2. The molecule has 1 aliphatic heterocycles. The molecule has 2 rings (SSSR count). The topological polar surface area (TPSA) is 77.0 Å². The van der Waals surface area contributed by atoms with Crippen molar-refractivity contribution >= 4 is 6.09 Å². The summed E-state index contributed by atoms with van der Waals surface area (Å²) in [6.45, 7) is 3.33. The van der Waals surface area contributed by atoms with Gasteiger partial charge in [0, 0.05) is 0 Å². The van der Waals surface area contributed by atoms with Gasteiger partial charge in [0.1, 0.15) is 18.3 Å². The molecule has 5 unspecified atom stereocenters. The fraction of sp³-hybridized carbons (Fsp3) is 0.900. The maximum absolute atomic E-state index is 13.8. The average molecular weight is 249 g/mol. The maximum Gasteiger partial charge on any atom is 0.407 e. The van der Waals surface area contributed by atoms with E-state index in [1.807, 2.05) is 0 Å². The van der Waals surface area contributed by atoms with E-state index in [0.717, 1.165) is 0 Å². The largest absolute Gasteiger partial charge is 0.453 e. The molecule has 1 amide bonds. The highest BCUT2D eigenvalue weighted by Crippen LogP contribution is 2.39. The number of alkyl carbamates (subject to hydrolysis) is 1. The molecule has 0 bridgehead atoms. The number of methoxy groups -OCH3 is 1. The van der Waals surface area contributed by atoms with Crippen molar-refractivity contribution in [3.05, 3.63) is 0 Å². The predicted molar refractivity (Wildman–Crippen MR) is 54.1 cm³/mol. The van der Waals surface area contributed by atoms with E-state index >= 15 is 0 Å². The third-order valence-corrected chi connectivity index (χ3v) is 2.99. The van der Waals surface area contributed by atoms with Crippen LogP contribution in [0.2, 0.25) is 0 Å². The average Bonchev–Trinajstić information content (AvgIpc) is 2.67. The SMILES string of the molecule is COC(=O)NC1C(F)C(O)C2OC(C)(C)OC12. The Morgan fingerprint density at radius 2 is 2.00 bits per heavy atom.